The average molecular weight is 722 g/mol. The molecule has 0 bridgehead atoms. The maximum atomic E-state index is 13.8. The third-order valence-electron chi connectivity index (χ3n) is 10.5. The Labute approximate surface area is 314 Å². The molecular formula is C43H39N5O6. The molecule has 0 saturated heterocycles. The first-order valence-electron chi connectivity index (χ1n) is 17.9. The molecule has 0 spiro atoms. The number of aliphatic imine (C=N–C) groups is 2. The zero-order valence-corrected chi connectivity index (χ0v) is 29.9. The first-order valence-corrected chi connectivity index (χ1v) is 17.9. The molecule has 11 nitrogen and oxygen atoms in total. The van der Waals surface area contributed by atoms with Gasteiger partial charge in [0.1, 0.15) is 13.2 Å². The number of nitrogens with zero attached hydrogens (tertiary/aromatic N) is 5. The van der Waals surface area contributed by atoms with Crippen LogP contribution >= 0.6 is 0 Å². The lowest BCUT2D eigenvalue weighted by atomic mass is 9.94. The van der Waals surface area contributed by atoms with Crippen molar-refractivity contribution in [3.63, 3.8) is 0 Å². The summed E-state index contributed by atoms with van der Waals surface area (Å²) in [5.74, 6) is 1.65. The quantitative estimate of drug-likeness (QED) is 0.168. The monoisotopic (exact) mass is 721 g/mol. The van der Waals surface area contributed by atoms with Crippen LogP contribution in [0.5, 0.6) is 23.0 Å². The first kappa shape index (κ1) is 33.4. The van der Waals surface area contributed by atoms with Crippen LogP contribution < -0.4 is 18.9 Å². The molecule has 5 aromatic rings. The number of carbonyl (C=O) groups excluding carboxylic acids is 2. The molecule has 0 radical (unpaired) electrons. The van der Waals surface area contributed by atoms with Crippen molar-refractivity contribution in [3.05, 3.63) is 136 Å². The number of pyridine rings is 1. The van der Waals surface area contributed by atoms with E-state index in [0.29, 0.717) is 71.4 Å². The Morgan fingerprint density at radius 2 is 1.06 bits per heavy atom. The van der Waals surface area contributed by atoms with E-state index in [1.54, 1.807) is 50.9 Å². The van der Waals surface area contributed by atoms with E-state index in [1.807, 2.05) is 52.6 Å². The second kappa shape index (κ2) is 13.8. The summed E-state index contributed by atoms with van der Waals surface area (Å²) in [5.41, 5.74) is 8.41. The van der Waals surface area contributed by atoms with Crippen LogP contribution in [-0.2, 0) is 39.1 Å². The van der Waals surface area contributed by atoms with Gasteiger partial charge in [0.05, 0.1) is 48.8 Å². The highest BCUT2D eigenvalue weighted by molar-refractivity contribution is 6.04. The second-order valence-corrected chi connectivity index (χ2v) is 13.8. The molecule has 11 heteroatoms. The van der Waals surface area contributed by atoms with E-state index < -0.39 is 0 Å². The molecule has 54 heavy (non-hydrogen) atoms. The molecule has 2 amide bonds. The van der Waals surface area contributed by atoms with Crippen LogP contribution in [0.25, 0.3) is 0 Å². The fourth-order valence-corrected chi connectivity index (χ4v) is 7.67. The summed E-state index contributed by atoms with van der Waals surface area (Å²) in [7, 11) is 3.11. The molecule has 0 fully saturated rings. The number of aromatic nitrogens is 1. The van der Waals surface area contributed by atoms with Gasteiger partial charge in [-0.15, -0.1) is 0 Å². The number of hydrogen-bond donors (Lipinski definition) is 0. The Morgan fingerprint density at radius 3 is 1.50 bits per heavy atom. The molecule has 4 aliphatic rings. The van der Waals surface area contributed by atoms with Gasteiger partial charge < -0.3 is 28.7 Å². The summed E-state index contributed by atoms with van der Waals surface area (Å²) in [6, 6.07) is 25.1. The highest BCUT2D eigenvalue weighted by Crippen LogP contribution is 2.40. The Balaban J connectivity index is 0.00000427. The molecule has 1 unspecified atom stereocenters. The zero-order valence-electron chi connectivity index (χ0n) is 29.9. The summed E-state index contributed by atoms with van der Waals surface area (Å²) in [6.45, 7) is 1.44. The molecular weight excluding hydrogens is 683 g/mol. The molecule has 5 heterocycles. The summed E-state index contributed by atoms with van der Waals surface area (Å²) in [6.07, 6.45) is 8.61. The van der Waals surface area contributed by atoms with Gasteiger partial charge in [0, 0.05) is 62.6 Å². The maximum Gasteiger partial charge on any atom is 0.257 e. The van der Waals surface area contributed by atoms with Crippen LogP contribution in [0.4, 0.5) is 11.4 Å². The SMILES string of the molecule is COc1cc2c(cc1OCc1cncc(COc3cc4c(cc3OC)C(=O)N3Cc5ccccc5C[C@H]3C=N4)c1)N=CC1Cc3ccccc3CN1C2=O.[HH]. The van der Waals surface area contributed by atoms with Crippen LogP contribution in [0, 0.1) is 0 Å². The van der Waals surface area contributed by atoms with Crippen molar-refractivity contribution >= 4 is 35.6 Å². The number of rotatable bonds is 8. The minimum absolute atomic E-state index is 0. The van der Waals surface area contributed by atoms with Crippen molar-refractivity contribution in [2.24, 2.45) is 9.98 Å². The number of hydrogen-bond acceptors (Lipinski definition) is 9. The predicted octanol–water partition coefficient (Wildman–Crippen LogP) is 7.07. The van der Waals surface area contributed by atoms with E-state index in [4.69, 9.17) is 28.9 Å². The third kappa shape index (κ3) is 6.11. The van der Waals surface area contributed by atoms with Gasteiger partial charge in [0.2, 0.25) is 0 Å². The van der Waals surface area contributed by atoms with Crippen LogP contribution in [-0.4, -0.2) is 65.3 Å². The fraction of sp³-hybridized carbons (Fsp3) is 0.233. The number of fused-ring (bicyclic) bond motifs is 6. The van der Waals surface area contributed by atoms with Crippen LogP contribution in [0.15, 0.2) is 101 Å². The molecule has 4 aromatic carbocycles. The number of carbonyl (C=O) groups is 2. The Bertz CT molecular complexity index is 2220. The summed E-state index contributed by atoms with van der Waals surface area (Å²) in [4.78, 5) is 45.2. The lowest BCUT2D eigenvalue weighted by molar-refractivity contribution is 0.0696. The number of amides is 2. The minimum Gasteiger partial charge on any atom is -0.493 e. The lowest BCUT2D eigenvalue weighted by Gasteiger charge is -2.34. The van der Waals surface area contributed by atoms with Gasteiger partial charge in [0.25, 0.3) is 11.8 Å². The smallest absolute Gasteiger partial charge is 0.257 e. The highest BCUT2D eigenvalue weighted by atomic mass is 16.5. The van der Waals surface area contributed by atoms with Gasteiger partial charge >= 0.3 is 0 Å². The zero-order chi connectivity index (χ0) is 36.8. The molecule has 9 rings (SSSR count). The molecule has 1 aromatic heterocycles. The third-order valence-corrected chi connectivity index (χ3v) is 10.5. The molecule has 272 valence electrons. The summed E-state index contributed by atoms with van der Waals surface area (Å²) in [5, 5.41) is 0. The summed E-state index contributed by atoms with van der Waals surface area (Å²) >= 11 is 0. The molecule has 0 saturated carbocycles. The van der Waals surface area contributed by atoms with Gasteiger partial charge in [-0.05, 0) is 53.3 Å². The van der Waals surface area contributed by atoms with Crippen LogP contribution in [0.1, 0.15) is 55.5 Å². The molecule has 4 aliphatic heterocycles. The topological polar surface area (TPSA) is 115 Å². The van der Waals surface area contributed by atoms with E-state index in [9.17, 15) is 9.59 Å². The van der Waals surface area contributed by atoms with Crippen molar-refractivity contribution < 1.29 is 30.0 Å². The normalized spacial score (nSPS) is 17.9. The molecule has 2 atom stereocenters. The van der Waals surface area contributed by atoms with Gasteiger partial charge in [-0.25, -0.2) is 0 Å². The van der Waals surface area contributed by atoms with Gasteiger partial charge in [0.15, 0.2) is 23.0 Å². The Kier molecular flexibility index (Phi) is 8.53. The van der Waals surface area contributed by atoms with Crippen molar-refractivity contribution in [2.75, 3.05) is 14.2 Å². The number of methoxy groups -OCH3 is 2. The largest absolute Gasteiger partial charge is 0.493 e. The van der Waals surface area contributed by atoms with Crippen LogP contribution in [0.2, 0.25) is 0 Å². The molecule has 0 aliphatic carbocycles. The Hall–Kier alpha value is -6.49. The standard InChI is InChI=1S/C43H37N5O6.H2/c1-51-38-14-34-36(45-20-32-12-28-7-3-5-9-30(28)22-47(32)42(34)49)16-40(38)53-24-26-11-27(19-44-18-26)25-54-41-17-37-35(15-39(41)52-2)43(50)48-23-31-10-6-4-8-29(31)13-33(48)21-46-37;/h3-11,14-21,32-33H,12-13,22-25H2,1-2H3;1H/t32-,33?;/m0./s1. The highest BCUT2D eigenvalue weighted by Gasteiger charge is 2.35. The fourth-order valence-electron chi connectivity index (χ4n) is 7.67. The first-order chi connectivity index (χ1) is 26.4. The number of benzene rings is 4. The van der Waals surface area contributed by atoms with Gasteiger partial charge in [-0.2, -0.15) is 0 Å². The van der Waals surface area contributed by atoms with Crippen molar-refractivity contribution in [2.45, 2.75) is 51.2 Å². The van der Waals surface area contributed by atoms with Crippen molar-refractivity contribution in [1.82, 2.24) is 14.8 Å². The average Bonchev–Trinajstić information content (AvgIpc) is 3.42. The Morgan fingerprint density at radius 1 is 0.611 bits per heavy atom. The van der Waals surface area contributed by atoms with Gasteiger partial charge in [-0.1, -0.05) is 48.5 Å². The van der Waals surface area contributed by atoms with E-state index >= 15 is 0 Å². The van der Waals surface area contributed by atoms with Crippen molar-refractivity contribution in [3.8, 4) is 23.0 Å². The van der Waals surface area contributed by atoms with Gasteiger partial charge in [-0.3, -0.25) is 24.6 Å². The molecule has 0 N–H and O–H groups in total. The number of ether oxygens (including phenoxy) is 4. The predicted molar refractivity (Wildman–Crippen MR) is 205 cm³/mol. The minimum atomic E-state index is -0.132. The van der Waals surface area contributed by atoms with E-state index in [0.717, 1.165) is 22.3 Å². The lowest BCUT2D eigenvalue weighted by Crippen LogP contribution is -2.44. The van der Waals surface area contributed by atoms with E-state index in [2.05, 4.69) is 29.2 Å². The second-order valence-electron chi connectivity index (χ2n) is 13.8. The maximum absolute atomic E-state index is 13.8. The van der Waals surface area contributed by atoms with Crippen molar-refractivity contribution in [1.29, 1.82) is 0 Å². The summed E-state index contributed by atoms with van der Waals surface area (Å²) < 4.78 is 23.9. The van der Waals surface area contributed by atoms with E-state index in [1.165, 1.54) is 11.1 Å². The van der Waals surface area contributed by atoms with E-state index in [-0.39, 0.29) is 38.5 Å². The van der Waals surface area contributed by atoms with Crippen LogP contribution in [0.3, 0.4) is 0 Å².